The highest BCUT2D eigenvalue weighted by Crippen LogP contribution is 2.36. The summed E-state index contributed by atoms with van der Waals surface area (Å²) in [6.45, 7) is 6.94. The maximum Gasteiger partial charge on any atom is 0.257 e. The number of hydrogen-bond donors (Lipinski definition) is 0. The molecule has 1 heterocycles. The number of pyridine rings is 1. The quantitative estimate of drug-likeness (QED) is 0.632. The Morgan fingerprint density at radius 3 is 2.37 bits per heavy atom. The van der Waals surface area contributed by atoms with Crippen LogP contribution in [-0.4, -0.2) is 19.2 Å². The van der Waals surface area contributed by atoms with Crippen molar-refractivity contribution in [2.24, 2.45) is 0 Å². The maximum absolute atomic E-state index is 6.94. The predicted molar refractivity (Wildman–Crippen MR) is 76.7 cm³/mol. The molecule has 0 fully saturated rings. The van der Waals surface area contributed by atoms with Crippen molar-refractivity contribution in [2.45, 2.75) is 0 Å². The van der Waals surface area contributed by atoms with Gasteiger partial charge in [-0.15, -0.1) is 0 Å². The van der Waals surface area contributed by atoms with Gasteiger partial charge in [-0.25, -0.2) is 9.83 Å². The molecule has 0 N–H and O–H groups in total. The summed E-state index contributed by atoms with van der Waals surface area (Å²) in [5.41, 5.74) is 2.44. The molecule has 0 spiro atoms. The van der Waals surface area contributed by atoms with Crippen LogP contribution >= 0.6 is 15.9 Å². The lowest BCUT2D eigenvalue weighted by atomic mass is 10.1. The minimum Gasteiger partial charge on any atom is -0.491 e. The van der Waals surface area contributed by atoms with Gasteiger partial charge in [0.2, 0.25) is 0 Å². The van der Waals surface area contributed by atoms with Gasteiger partial charge >= 0.3 is 0 Å². The Balaban J connectivity index is 2.52. The molecule has 96 valence electrons. The molecule has 1 aromatic carbocycles. The summed E-state index contributed by atoms with van der Waals surface area (Å²) in [6.07, 6.45) is 0. The lowest BCUT2D eigenvalue weighted by Crippen LogP contribution is -1.95. The molecule has 2 aromatic rings. The van der Waals surface area contributed by atoms with Crippen molar-refractivity contribution in [3.8, 4) is 22.8 Å². The molecule has 0 amide bonds. The van der Waals surface area contributed by atoms with Gasteiger partial charge in [0, 0.05) is 5.56 Å². The third-order valence-corrected chi connectivity index (χ3v) is 3.23. The van der Waals surface area contributed by atoms with Crippen LogP contribution in [0.3, 0.4) is 0 Å². The fourth-order valence-corrected chi connectivity index (χ4v) is 2.17. The summed E-state index contributed by atoms with van der Waals surface area (Å²) in [6, 6.07) is 9.14. The standard InChI is InChI=1S/C14H11BrN2O2/c1-16-10-6-4-9(5-7-10)11-8-12(18-2)14(19-3)17-13(11)15/h4-8H,2-3H3. The molecule has 0 aliphatic heterocycles. The van der Waals surface area contributed by atoms with Crippen LogP contribution in [0.15, 0.2) is 34.9 Å². The number of halogens is 1. The Kier molecular flexibility index (Phi) is 4.03. The molecule has 4 nitrogen and oxygen atoms in total. The molecule has 1 aromatic heterocycles. The van der Waals surface area contributed by atoms with Crippen LogP contribution in [0.4, 0.5) is 5.69 Å². The zero-order chi connectivity index (χ0) is 13.8. The lowest BCUT2D eigenvalue weighted by molar-refractivity contribution is 0.342. The molecule has 0 aliphatic carbocycles. The second kappa shape index (κ2) is 5.72. The Morgan fingerprint density at radius 1 is 1.16 bits per heavy atom. The predicted octanol–water partition coefficient (Wildman–Crippen LogP) is 4.08. The van der Waals surface area contributed by atoms with Crippen molar-refractivity contribution < 1.29 is 9.47 Å². The van der Waals surface area contributed by atoms with Crippen LogP contribution in [0.1, 0.15) is 0 Å². The number of benzene rings is 1. The molecule has 0 saturated heterocycles. The largest absolute Gasteiger partial charge is 0.491 e. The Hall–Kier alpha value is -2.06. The third kappa shape index (κ3) is 2.69. The number of nitrogens with zero attached hydrogens (tertiary/aromatic N) is 2. The number of methoxy groups -OCH3 is 2. The highest BCUT2D eigenvalue weighted by molar-refractivity contribution is 9.10. The second-order valence-electron chi connectivity index (χ2n) is 3.70. The van der Waals surface area contributed by atoms with Gasteiger partial charge in [-0.2, -0.15) is 0 Å². The number of hydrogen-bond acceptors (Lipinski definition) is 3. The molecule has 0 radical (unpaired) electrons. The molecule has 0 bridgehead atoms. The van der Waals surface area contributed by atoms with E-state index in [1.54, 1.807) is 26.4 Å². The van der Waals surface area contributed by atoms with Crippen molar-refractivity contribution in [2.75, 3.05) is 14.2 Å². The summed E-state index contributed by atoms with van der Waals surface area (Å²) in [5.74, 6) is 0.992. The lowest BCUT2D eigenvalue weighted by Gasteiger charge is -2.11. The molecule has 2 rings (SSSR count). The van der Waals surface area contributed by atoms with Gasteiger partial charge in [-0.05, 0) is 27.6 Å². The molecule has 0 unspecified atom stereocenters. The Bertz CT molecular complexity index is 633. The monoisotopic (exact) mass is 318 g/mol. The van der Waals surface area contributed by atoms with E-state index in [0.29, 0.717) is 21.9 Å². The highest BCUT2D eigenvalue weighted by atomic mass is 79.9. The van der Waals surface area contributed by atoms with E-state index in [4.69, 9.17) is 16.0 Å². The van der Waals surface area contributed by atoms with Crippen molar-refractivity contribution >= 4 is 21.6 Å². The summed E-state index contributed by atoms with van der Waals surface area (Å²) in [7, 11) is 3.11. The van der Waals surface area contributed by atoms with E-state index in [0.717, 1.165) is 11.1 Å². The zero-order valence-electron chi connectivity index (χ0n) is 10.5. The fraction of sp³-hybridized carbons (Fsp3) is 0.143. The Morgan fingerprint density at radius 2 is 1.84 bits per heavy atom. The van der Waals surface area contributed by atoms with Crippen LogP contribution in [0.2, 0.25) is 0 Å². The zero-order valence-corrected chi connectivity index (χ0v) is 12.1. The number of aromatic nitrogens is 1. The van der Waals surface area contributed by atoms with Crippen molar-refractivity contribution in [1.82, 2.24) is 4.98 Å². The normalized spacial score (nSPS) is 9.79. The maximum atomic E-state index is 6.94. The average Bonchev–Trinajstić information content (AvgIpc) is 2.47. The Labute approximate surface area is 120 Å². The van der Waals surface area contributed by atoms with E-state index in [-0.39, 0.29) is 0 Å². The van der Waals surface area contributed by atoms with Gasteiger partial charge in [-0.1, -0.05) is 24.3 Å². The van der Waals surface area contributed by atoms with Gasteiger partial charge in [0.05, 0.1) is 20.8 Å². The van der Waals surface area contributed by atoms with E-state index < -0.39 is 0 Å². The van der Waals surface area contributed by atoms with Crippen LogP contribution in [0.5, 0.6) is 11.6 Å². The van der Waals surface area contributed by atoms with Crippen LogP contribution in [0, 0.1) is 6.57 Å². The number of rotatable bonds is 3. The van der Waals surface area contributed by atoms with E-state index in [1.165, 1.54) is 0 Å². The van der Waals surface area contributed by atoms with Crippen molar-refractivity contribution in [3.63, 3.8) is 0 Å². The van der Waals surface area contributed by atoms with E-state index in [1.807, 2.05) is 18.2 Å². The second-order valence-corrected chi connectivity index (χ2v) is 4.45. The molecule has 19 heavy (non-hydrogen) atoms. The SMILES string of the molecule is [C-]#[N+]c1ccc(-c2cc(OC)c(OC)nc2Br)cc1. The molecule has 0 aliphatic rings. The first kappa shape index (κ1) is 13.4. The summed E-state index contributed by atoms with van der Waals surface area (Å²) < 4.78 is 11.0. The van der Waals surface area contributed by atoms with Crippen LogP contribution < -0.4 is 9.47 Å². The van der Waals surface area contributed by atoms with E-state index in [2.05, 4.69) is 25.8 Å². The molecule has 0 atom stereocenters. The fourth-order valence-electron chi connectivity index (χ4n) is 1.67. The van der Waals surface area contributed by atoms with E-state index >= 15 is 0 Å². The third-order valence-electron chi connectivity index (χ3n) is 2.63. The summed E-state index contributed by atoms with van der Waals surface area (Å²) in [4.78, 5) is 7.66. The van der Waals surface area contributed by atoms with E-state index in [9.17, 15) is 0 Å². The number of ether oxygens (including phenoxy) is 2. The van der Waals surface area contributed by atoms with Gasteiger partial charge in [0.1, 0.15) is 4.60 Å². The van der Waals surface area contributed by atoms with Gasteiger partial charge in [-0.3, -0.25) is 0 Å². The first-order chi connectivity index (χ1) is 9.19. The minimum absolute atomic E-state index is 0.427. The smallest absolute Gasteiger partial charge is 0.257 e. The molecule has 5 heteroatoms. The topological polar surface area (TPSA) is 35.7 Å². The first-order valence-electron chi connectivity index (χ1n) is 5.46. The minimum atomic E-state index is 0.427. The molecular weight excluding hydrogens is 308 g/mol. The highest BCUT2D eigenvalue weighted by Gasteiger charge is 2.12. The molecule has 0 saturated carbocycles. The van der Waals surface area contributed by atoms with Gasteiger partial charge in [0.15, 0.2) is 11.4 Å². The molecular formula is C14H11BrN2O2. The summed E-state index contributed by atoms with van der Waals surface area (Å²) >= 11 is 3.42. The van der Waals surface area contributed by atoms with Crippen molar-refractivity contribution in [3.05, 3.63) is 46.4 Å². The van der Waals surface area contributed by atoms with Crippen molar-refractivity contribution in [1.29, 1.82) is 0 Å². The average molecular weight is 319 g/mol. The van der Waals surface area contributed by atoms with Gasteiger partial charge < -0.3 is 9.47 Å². The van der Waals surface area contributed by atoms with Gasteiger partial charge in [0.25, 0.3) is 5.88 Å². The van der Waals surface area contributed by atoms with Crippen LogP contribution in [0.25, 0.3) is 16.0 Å². The van der Waals surface area contributed by atoms with Crippen LogP contribution in [-0.2, 0) is 0 Å². The summed E-state index contributed by atoms with van der Waals surface area (Å²) in [5, 5.41) is 0. The first-order valence-corrected chi connectivity index (χ1v) is 6.25.